The first-order chi connectivity index (χ1) is 8.56. The van der Waals surface area contributed by atoms with Crippen LogP contribution in [0.25, 0.3) is 0 Å². The molecule has 0 amide bonds. The van der Waals surface area contributed by atoms with E-state index in [1.807, 2.05) is 6.07 Å². The van der Waals surface area contributed by atoms with Crippen molar-refractivity contribution in [2.24, 2.45) is 0 Å². The van der Waals surface area contributed by atoms with E-state index in [-0.39, 0.29) is 5.82 Å². The fourth-order valence-corrected chi connectivity index (χ4v) is 2.02. The van der Waals surface area contributed by atoms with Gasteiger partial charge in [0.25, 0.3) is 0 Å². The van der Waals surface area contributed by atoms with E-state index in [9.17, 15) is 4.39 Å². The summed E-state index contributed by atoms with van der Waals surface area (Å²) in [6.07, 6.45) is 0. The van der Waals surface area contributed by atoms with Gasteiger partial charge in [-0.3, -0.25) is 0 Å². The number of nitrogen functional groups attached to an aromatic ring is 1. The van der Waals surface area contributed by atoms with E-state index >= 15 is 0 Å². The average Bonchev–Trinajstić information content (AvgIpc) is 2.33. The molecule has 0 spiro atoms. The van der Waals surface area contributed by atoms with Gasteiger partial charge in [-0.05, 0) is 29.8 Å². The maximum Gasteiger partial charge on any atom is 0.123 e. The van der Waals surface area contributed by atoms with Crippen LogP contribution in [0.5, 0.6) is 0 Å². The van der Waals surface area contributed by atoms with Gasteiger partial charge in [0.05, 0.1) is 15.7 Å². The van der Waals surface area contributed by atoms with Gasteiger partial charge in [0.15, 0.2) is 0 Å². The molecule has 0 aliphatic rings. The van der Waals surface area contributed by atoms with Crippen LogP contribution in [-0.2, 0) is 6.54 Å². The van der Waals surface area contributed by atoms with Crippen LogP contribution in [0.4, 0.5) is 15.8 Å². The van der Waals surface area contributed by atoms with Gasteiger partial charge in [-0.2, -0.15) is 0 Å². The van der Waals surface area contributed by atoms with Gasteiger partial charge in [0.1, 0.15) is 5.82 Å². The van der Waals surface area contributed by atoms with Crippen molar-refractivity contribution in [2.75, 3.05) is 11.1 Å². The lowest BCUT2D eigenvalue weighted by Crippen LogP contribution is -2.00. The van der Waals surface area contributed by atoms with E-state index in [0.717, 1.165) is 11.3 Å². The first-order valence-corrected chi connectivity index (χ1v) is 6.04. The third-order valence-corrected chi connectivity index (χ3v) is 3.09. The van der Waals surface area contributed by atoms with Crippen LogP contribution < -0.4 is 11.1 Å². The van der Waals surface area contributed by atoms with Crippen molar-refractivity contribution in [3.63, 3.8) is 0 Å². The largest absolute Gasteiger partial charge is 0.396 e. The van der Waals surface area contributed by atoms with E-state index < -0.39 is 0 Å². The average molecular weight is 285 g/mol. The molecule has 0 aromatic heterocycles. The molecule has 2 aromatic carbocycles. The molecule has 2 aromatic rings. The molecule has 0 heterocycles. The Morgan fingerprint density at radius 2 is 1.78 bits per heavy atom. The first kappa shape index (κ1) is 13.0. The van der Waals surface area contributed by atoms with Crippen molar-refractivity contribution in [3.8, 4) is 0 Å². The zero-order chi connectivity index (χ0) is 13.1. The van der Waals surface area contributed by atoms with E-state index in [1.165, 1.54) is 12.1 Å². The van der Waals surface area contributed by atoms with Crippen LogP contribution in [0, 0.1) is 5.82 Å². The van der Waals surface area contributed by atoms with Gasteiger partial charge >= 0.3 is 0 Å². The van der Waals surface area contributed by atoms with Crippen molar-refractivity contribution in [1.29, 1.82) is 0 Å². The van der Waals surface area contributed by atoms with Crippen molar-refractivity contribution < 1.29 is 4.39 Å². The molecule has 0 radical (unpaired) electrons. The number of halogens is 3. The number of nitrogens with two attached hydrogens (primary N) is 1. The summed E-state index contributed by atoms with van der Waals surface area (Å²) in [6.45, 7) is 0.480. The van der Waals surface area contributed by atoms with E-state index in [2.05, 4.69) is 5.32 Å². The van der Waals surface area contributed by atoms with Crippen molar-refractivity contribution in [2.45, 2.75) is 6.54 Å². The van der Waals surface area contributed by atoms with Crippen LogP contribution in [0.1, 0.15) is 5.56 Å². The Morgan fingerprint density at radius 1 is 1.11 bits per heavy atom. The van der Waals surface area contributed by atoms with Crippen molar-refractivity contribution >= 4 is 34.6 Å². The molecule has 18 heavy (non-hydrogen) atoms. The summed E-state index contributed by atoms with van der Waals surface area (Å²) in [5.74, 6) is -0.261. The minimum atomic E-state index is -0.261. The van der Waals surface area contributed by atoms with Gasteiger partial charge in [0.2, 0.25) is 0 Å². The second kappa shape index (κ2) is 5.46. The van der Waals surface area contributed by atoms with Gasteiger partial charge in [-0.25, -0.2) is 4.39 Å². The fourth-order valence-electron chi connectivity index (χ4n) is 1.54. The summed E-state index contributed by atoms with van der Waals surface area (Å²) in [7, 11) is 0. The predicted octanol–water partition coefficient (Wildman–Crippen LogP) is 4.33. The minimum Gasteiger partial charge on any atom is -0.396 e. The van der Waals surface area contributed by atoms with E-state index in [4.69, 9.17) is 28.9 Å². The second-order valence-electron chi connectivity index (χ2n) is 3.84. The van der Waals surface area contributed by atoms with Crippen LogP contribution in [0.3, 0.4) is 0 Å². The molecule has 0 atom stereocenters. The predicted molar refractivity (Wildman–Crippen MR) is 74.6 cm³/mol. The third-order valence-electron chi connectivity index (χ3n) is 2.46. The highest BCUT2D eigenvalue weighted by Crippen LogP contribution is 2.31. The summed E-state index contributed by atoms with van der Waals surface area (Å²) in [5.41, 5.74) is 7.56. The number of hydrogen-bond acceptors (Lipinski definition) is 2. The molecule has 0 aliphatic heterocycles. The van der Waals surface area contributed by atoms with Gasteiger partial charge in [-0.15, -0.1) is 0 Å². The molecule has 0 unspecified atom stereocenters. The molecule has 94 valence electrons. The molecule has 0 bridgehead atoms. The molecule has 2 nitrogen and oxygen atoms in total. The Labute approximate surface area is 115 Å². The SMILES string of the molecule is Nc1c(Cl)cc(NCc2cccc(F)c2)cc1Cl. The maximum absolute atomic E-state index is 13.0. The van der Waals surface area contributed by atoms with Crippen LogP contribution in [-0.4, -0.2) is 0 Å². The Balaban J connectivity index is 2.11. The second-order valence-corrected chi connectivity index (χ2v) is 4.65. The van der Waals surface area contributed by atoms with E-state index in [1.54, 1.807) is 18.2 Å². The number of hydrogen-bond donors (Lipinski definition) is 2. The highest BCUT2D eigenvalue weighted by atomic mass is 35.5. The van der Waals surface area contributed by atoms with Crippen LogP contribution in [0.2, 0.25) is 10.0 Å². The Kier molecular flexibility index (Phi) is 3.94. The highest BCUT2D eigenvalue weighted by molar-refractivity contribution is 6.39. The fraction of sp³-hybridized carbons (Fsp3) is 0.0769. The molecular weight excluding hydrogens is 274 g/mol. The summed E-state index contributed by atoms with van der Waals surface area (Å²) in [4.78, 5) is 0. The normalized spacial score (nSPS) is 10.4. The van der Waals surface area contributed by atoms with E-state index in [0.29, 0.717) is 22.3 Å². The zero-order valence-corrected chi connectivity index (χ0v) is 10.9. The molecule has 0 aliphatic carbocycles. The summed E-state index contributed by atoms with van der Waals surface area (Å²) >= 11 is 11.8. The number of rotatable bonds is 3. The van der Waals surface area contributed by atoms with Gasteiger partial charge < -0.3 is 11.1 Å². The molecule has 5 heteroatoms. The standard InChI is InChI=1S/C13H11Cl2FN2/c14-11-5-10(6-12(15)13(11)17)18-7-8-2-1-3-9(16)4-8/h1-6,18H,7,17H2. The summed E-state index contributed by atoms with van der Waals surface area (Å²) in [6, 6.07) is 9.73. The smallest absolute Gasteiger partial charge is 0.123 e. The molecule has 0 saturated heterocycles. The van der Waals surface area contributed by atoms with Crippen molar-refractivity contribution in [1.82, 2.24) is 0 Å². The van der Waals surface area contributed by atoms with Crippen LogP contribution in [0.15, 0.2) is 36.4 Å². The first-order valence-electron chi connectivity index (χ1n) is 5.29. The Morgan fingerprint density at radius 3 is 2.39 bits per heavy atom. The quantitative estimate of drug-likeness (QED) is 0.824. The molecule has 3 N–H and O–H groups in total. The highest BCUT2D eigenvalue weighted by Gasteiger charge is 2.04. The Hall–Kier alpha value is -1.45. The van der Waals surface area contributed by atoms with Crippen molar-refractivity contribution in [3.05, 3.63) is 57.8 Å². The minimum absolute atomic E-state index is 0.261. The lowest BCUT2D eigenvalue weighted by atomic mass is 10.2. The lowest BCUT2D eigenvalue weighted by molar-refractivity contribution is 0.626. The number of nitrogens with one attached hydrogen (secondary N) is 1. The van der Waals surface area contributed by atoms with Gasteiger partial charge in [0, 0.05) is 12.2 Å². The third kappa shape index (κ3) is 3.06. The molecule has 0 fully saturated rings. The molecule has 0 saturated carbocycles. The van der Waals surface area contributed by atoms with Gasteiger partial charge in [-0.1, -0.05) is 35.3 Å². The summed E-state index contributed by atoms with van der Waals surface area (Å²) < 4.78 is 13.0. The lowest BCUT2D eigenvalue weighted by Gasteiger charge is -2.09. The molecular formula is C13H11Cl2FN2. The molecule has 2 rings (SSSR count). The number of benzene rings is 2. The topological polar surface area (TPSA) is 38.0 Å². The monoisotopic (exact) mass is 284 g/mol. The maximum atomic E-state index is 13.0. The zero-order valence-electron chi connectivity index (χ0n) is 9.38. The Bertz CT molecular complexity index is 550. The summed E-state index contributed by atoms with van der Waals surface area (Å²) in [5, 5.41) is 3.89. The number of anilines is 2. The van der Waals surface area contributed by atoms with Crippen LogP contribution >= 0.6 is 23.2 Å².